The molecule has 0 aliphatic heterocycles. The van der Waals surface area contributed by atoms with Gasteiger partial charge in [0.15, 0.2) is 0 Å². The molecule has 78 valence electrons. The number of methoxy groups -OCH3 is 1. The van der Waals surface area contributed by atoms with E-state index in [1.165, 1.54) is 0 Å². The highest BCUT2D eigenvalue weighted by atomic mass is 16.5. The zero-order chi connectivity index (χ0) is 10.3. The van der Waals surface area contributed by atoms with Crippen molar-refractivity contribution in [1.82, 2.24) is 5.32 Å². The second-order valence-electron chi connectivity index (χ2n) is 3.80. The molecular formula is C10H22N2O. The van der Waals surface area contributed by atoms with E-state index in [-0.39, 0.29) is 5.60 Å². The highest BCUT2D eigenvalue weighted by Gasteiger charge is 2.21. The van der Waals surface area contributed by atoms with Gasteiger partial charge in [0.2, 0.25) is 0 Å². The van der Waals surface area contributed by atoms with E-state index < -0.39 is 0 Å². The van der Waals surface area contributed by atoms with E-state index in [1.807, 2.05) is 6.08 Å². The van der Waals surface area contributed by atoms with Crippen LogP contribution in [0.2, 0.25) is 0 Å². The van der Waals surface area contributed by atoms with Gasteiger partial charge in [-0.25, -0.2) is 0 Å². The Morgan fingerprint density at radius 1 is 1.62 bits per heavy atom. The Labute approximate surface area is 81.3 Å². The molecule has 0 spiro atoms. The first-order valence-corrected chi connectivity index (χ1v) is 4.65. The SMILES string of the molecule is C=CCNC(CN)CC(C)(C)OC. The molecule has 0 saturated heterocycles. The third-order valence-corrected chi connectivity index (χ3v) is 2.13. The first-order valence-electron chi connectivity index (χ1n) is 4.65. The van der Waals surface area contributed by atoms with Crippen LogP contribution in [0.5, 0.6) is 0 Å². The van der Waals surface area contributed by atoms with Crippen molar-refractivity contribution in [2.45, 2.75) is 31.9 Å². The van der Waals surface area contributed by atoms with E-state index in [0.717, 1.165) is 13.0 Å². The fraction of sp³-hybridized carbons (Fsp3) is 0.800. The van der Waals surface area contributed by atoms with Crippen LogP contribution >= 0.6 is 0 Å². The van der Waals surface area contributed by atoms with E-state index >= 15 is 0 Å². The van der Waals surface area contributed by atoms with E-state index in [0.29, 0.717) is 12.6 Å². The summed E-state index contributed by atoms with van der Waals surface area (Å²) < 4.78 is 5.33. The molecule has 0 amide bonds. The molecule has 0 aromatic heterocycles. The Balaban J connectivity index is 3.88. The Morgan fingerprint density at radius 2 is 2.23 bits per heavy atom. The van der Waals surface area contributed by atoms with Gasteiger partial charge in [-0.05, 0) is 20.3 Å². The lowest BCUT2D eigenvalue weighted by atomic mass is 9.99. The van der Waals surface area contributed by atoms with Gasteiger partial charge in [-0.2, -0.15) is 0 Å². The lowest BCUT2D eigenvalue weighted by Gasteiger charge is -2.28. The second kappa shape index (κ2) is 6.13. The molecule has 3 nitrogen and oxygen atoms in total. The number of ether oxygens (including phenoxy) is 1. The van der Waals surface area contributed by atoms with Gasteiger partial charge in [-0.15, -0.1) is 6.58 Å². The molecule has 0 aliphatic carbocycles. The second-order valence-corrected chi connectivity index (χ2v) is 3.80. The van der Waals surface area contributed by atoms with Gasteiger partial charge < -0.3 is 15.8 Å². The third-order valence-electron chi connectivity index (χ3n) is 2.13. The van der Waals surface area contributed by atoms with Gasteiger partial charge >= 0.3 is 0 Å². The van der Waals surface area contributed by atoms with Crippen molar-refractivity contribution in [3.63, 3.8) is 0 Å². The molecular weight excluding hydrogens is 164 g/mol. The monoisotopic (exact) mass is 186 g/mol. The highest BCUT2D eigenvalue weighted by Crippen LogP contribution is 2.14. The molecule has 1 unspecified atom stereocenters. The van der Waals surface area contributed by atoms with Crippen LogP contribution in [0.3, 0.4) is 0 Å². The van der Waals surface area contributed by atoms with Gasteiger partial charge in [-0.3, -0.25) is 0 Å². The number of nitrogens with two attached hydrogens (primary N) is 1. The molecule has 0 saturated carbocycles. The Hall–Kier alpha value is -0.380. The maximum Gasteiger partial charge on any atom is 0.0638 e. The molecule has 0 aromatic rings. The first-order chi connectivity index (χ1) is 6.05. The average Bonchev–Trinajstić information content (AvgIpc) is 2.12. The maximum atomic E-state index is 5.62. The molecule has 3 heteroatoms. The van der Waals surface area contributed by atoms with Gasteiger partial charge in [0.25, 0.3) is 0 Å². The third kappa shape index (κ3) is 5.80. The lowest BCUT2D eigenvalue weighted by molar-refractivity contribution is 0.00808. The molecule has 3 N–H and O–H groups in total. The Morgan fingerprint density at radius 3 is 2.62 bits per heavy atom. The molecule has 0 bridgehead atoms. The van der Waals surface area contributed by atoms with E-state index in [4.69, 9.17) is 10.5 Å². The summed E-state index contributed by atoms with van der Waals surface area (Å²) in [7, 11) is 1.72. The average molecular weight is 186 g/mol. The lowest BCUT2D eigenvalue weighted by Crippen LogP contribution is -2.42. The molecule has 1 atom stereocenters. The van der Waals surface area contributed by atoms with Gasteiger partial charge in [0.05, 0.1) is 5.60 Å². The first kappa shape index (κ1) is 12.6. The summed E-state index contributed by atoms with van der Waals surface area (Å²) in [5, 5.41) is 3.29. The van der Waals surface area contributed by atoms with E-state index in [2.05, 4.69) is 25.7 Å². The Kier molecular flexibility index (Phi) is 5.95. The Bertz CT molecular complexity index is 146. The summed E-state index contributed by atoms with van der Waals surface area (Å²) in [5.41, 5.74) is 5.51. The van der Waals surface area contributed by atoms with Crippen molar-refractivity contribution in [2.75, 3.05) is 20.2 Å². The summed E-state index contributed by atoms with van der Waals surface area (Å²) >= 11 is 0. The minimum Gasteiger partial charge on any atom is -0.379 e. The summed E-state index contributed by atoms with van der Waals surface area (Å²) in [4.78, 5) is 0. The van der Waals surface area contributed by atoms with Crippen LogP contribution in [0.25, 0.3) is 0 Å². The minimum atomic E-state index is -0.113. The van der Waals surface area contributed by atoms with Gasteiger partial charge in [-0.1, -0.05) is 6.08 Å². The molecule has 0 aliphatic rings. The van der Waals surface area contributed by atoms with E-state index in [1.54, 1.807) is 7.11 Å². The van der Waals surface area contributed by atoms with Crippen molar-refractivity contribution in [1.29, 1.82) is 0 Å². The van der Waals surface area contributed by atoms with Crippen molar-refractivity contribution >= 4 is 0 Å². The fourth-order valence-electron chi connectivity index (χ4n) is 1.17. The number of nitrogens with one attached hydrogen (secondary N) is 1. The largest absolute Gasteiger partial charge is 0.379 e. The van der Waals surface area contributed by atoms with Crippen LogP contribution in [0.1, 0.15) is 20.3 Å². The van der Waals surface area contributed by atoms with Crippen LogP contribution in [0, 0.1) is 0 Å². The number of rotatable bonds is 7. The topological polar surface area (TPSA) is 47.3 Å². The van der Waals surface area contributed by atoms with Crippen LogP contribution in [0.15, 0.2) is 12.7 Å². The summed E-state index contributed by atoms with van der Waals surface area (Å²) in [6, 6.07) is 0.299. The standard InChI is InChI=1S/C10H22N2O/c1-5-6-12-9(8-11)7-10(2,3)13-4/h5,9,12H,1,6-8,11H2,2-4H3. The summed E-state index contributed by atoms with van der Waals surface area (Å²) in [6.07, 6.45) is 2.75. The molecule has 13 heavy (non-hydrogen) atoms. The molecule has 0 aromatic carbocycles. The zero-order valence-corrected chi connectivity index (χ0v) is 8.97. The van der Waals surface area contributed by atoms with Crippen LogP contribution in [-0.4, -0.2) is 31.8 Å². The summed E-state index contributed by atoms with van der Waals surface area (Å²) in [6.45, 7) is 9.19. The quantitative estimate of drug-likeness (QED) is 0.581. The van der Waals surface area contributed by atoms with Crippen LogP contribution in [0.4, 0.5) is 0 Å². The predicted molar refractivity (Wildman–Crippen MR) is 56.7 cm³/mol. The number of hydrogen-bond acceptors (Lipinski definition) is 3. The van der Waals surface area contributed by atoms with Crippen molar-refractivity contribution in [2.24, 2.45) is 5.73 Å². The van der Waals surface area contributed by atoms with Crippen molar-refractivity contribution in [3.05, 3.63) is 12.7 Å². The predicted octanol–water partition coefficient (Wildman–Crippen LogP) is 0.904. The van der Waals surface area contributed by atoms with Crippen molar-refractivity contribution in [3.8, 4) is 0 Å². The van der Waals surface area contributed by atoms with Gasteiger partial charge in [0, 0.05) is 26.2 Å². The zero-order valence-electron chi connectivity index (χ0n) is 8.97. The molecule has 0 fully saturated rings. The van der Waals surface area contributed by atoms with Gasteiger partial charge in [0.1, 0.15) is 0 Å². The minimum absolute atomic E-state index is 0.113. The highest BCUT2D eigenvalue weighted by molar-refractivity contribution is 4.81. The molecule has 0 rings (SSSR count). The number of hydrogen-bond donors (Lipinski definition) is 2. The van der Waals surface area contributed by atoms with E-state index in [9.17, 15) is 0 Å². The smallest absolute Gasteiger partial charge is 0.0638 e. The van der Waals surface area contributed by atoms with Crippen LogP contribution in [-0.2, 0) is 4.74 Å². The molecule has 0 heterocycles. The van der Waals surface area contributed by atoms with Crippen LogP contribution < -0.4 is 11.1 Å². The maximum absolute atomic E-state index is 5.62. The molecule has 0 radical (unpaired) electrons. The normalized spacial score (nSPS) is 14.2. The fourth-order valence-corrected chi connectivity index (χ4v) is 1.17. The van der Waals surface area contributed by atoms with Crippen molar-refractivity contribution < 1.29 is 4.74 Å². The summed E-state index contributed by atoms with van der Waals surface area (Å²) in [5.74, 6) is 0.